The lowest BCUT2D eigenvalue weighted by atomic mass is 9.90. The summed E-state index contributed by atoms with van der Waals surface area (Å²) in [7, 11) is 6.50. The van der Waals surface area contributed by atoms with Crippen molar-refractivity contribution in [2.45, 2.75) is 25.8 Å². The van der Waals surface area contributed by atoms with E-state index in [9.17, 15) is 0 Å². The molecule has 0 saturated carbocycles. The van der Waals surface area contributed by atoms with Crippen LogP contribution in [0.4, 0.5) is 17.6 Å². The molecule has 7 nitrogen and oxygen atoms in total. The number of piperazine rings is 1. The van der Waals surface area contributed by atoms with E-state index in [1.54, 1.807) is 0 Å². The van der Waals surface area contributed by atoms with Gasteiger partial charge in [0.2, 0.25) is 5.95 Å². The van der Waals surface area contributed by atoms with E-state index in [0.29, 0.717) is 12.0 Å². The molecule has 2 aliphatic heterocycles. The largest absolute Gasteiger partial charge is 0.368 e. The van der Waals surface area contributed by atoms with Crippen LogP contribution in [-0.4, -0.2) is 86.2 Å². The standard InChI is InChI=1S/C18H33N7/c1-14(22(2)3)15-5-7-24(8-6-15)16-13-17(21-18(19)20-16)25-11-9-23(4)10-12-25/h13-15H,5-12H2,1-4H3,(H2,19,20,21)/t14-/m1/s1. The van der Waals surface area contributed by atoms with Crippen molar-refractivity contribution in [1.29, 1.82) is 0 Å². The zero-order valence-corrected chi connectivity index (χ0v) is 16.1. The van der Waals surface area contributed by atoms with Crippen LogP contribution in [0.25, 0.3) is 0 Å². The lowest BCUT2D eigenvalue weighted by Gasteiger charge is -2.38. The van der Waals surface area contributed by atoms with Gasteiger partial charge >= 0.3 is 0 Å². The quantitative estimate of drug-likeness (QED) is 0.871. The molecule has 0 aromatic carbocycles. The molecule has 3 heterocycles. The van der Waals surface area contributed by atoms with Gasteiger partial charge in [0.15, 0.2) is 0 Å². The van der Waals surface area contributed by atoms with E-state index in [0.717, 1.165) is 56.8 Å². The molecule has 2 fully saturated rings. The monoisotopic (exact) mass is 347 g/mol. The van der Waals surface area contributed by atoms with Crippen molar-refractivity contribution in [1.82, 2.24) is 19.8 Å². The minimum atomic E-state index is 0.384. The van der Waals surface area contributed by atoms with Crippen LogP contribution < -0.4 is 15.5 Å². The number of rotatable bonds is 4. The molecule has 0 amide bonds. The van der Waals surface area contributed by atoms with E-state index in [1.165, 1.54) is 12.8 Å². The molecule has 2 aliphatic rings. The molecule has 1 aromatic rings. The smallest absolute Gasteiger partial charge is 0.223 e. The Balaban J connectivity index is 1.67. The number of hydrogen-bond acceptors (Lipinski definition) is 7. The summed E-state index contributed by atoms with van der Waals surface area (Å²) in [6.45, 7) is 8.53. The van der Waals surface area contributed by atoms with Crippen LogP contribution in [0.15, 0.2) is 6.07 Å². The van der Waals surface area contributed by atoms with Crippen LogP contribution in [0, 0.1) is 5.92 Å². The number of hydrogen-bond donors (Lipinski definition) is 1. The van der Waals surface area contributed by atoms with Crippen molar-refractivity contribution in [3.8, 4) is 0 Å². The average Bonchev–Trinajstić information content (AvgIpc) is 2.61. The van der Waals surface area contributed by atoms with Crippen molar-refractivity contribution in [2.75, 3.05) is 75.9 Å². The minimum absolute atomic E-state index is 0.384. The Bertz CT molecular complexity index is 561. The summed E-state index contributed by atoms with van der Waals surface area (Å²) >= 11 is 0. The van der Waals surface area contributed by atoms with Gasteiger partial charge in [-0.1, -0.05) is 0 Å². The number of anilines is 3. The van der Waals surface area contributed by atoms with Gasteiger partial charge in [0, 0.05) is 51.4 Å². The lowest BCUT2D eigenvalue weighted by Crippen LogP contribution is -2.45. The first-order chi connectivity index (χ1) is 11.9. The Labute approximate surface area is 151 Å². The number of piperidine rings is 1. The number of nitrogen functional groups attached to an aromatic ring is 1. The predicted octanol–water partition coefficient (Wildman–Crippen LogP) is 0.977. The van der Waals surface area contributed by atoms with Gasteiger partial charge in [0.05, 0.1) is 0 Å². The highest BCUT2D eigenvalue weighted by atomic mass is 15.3. The third kappa shape index (κ3) is 4.33. The highest BCUT2D eigenvalue weighted by molar-refractivity contribution is 5.54. The van der Waals surface area contributed by atoms with Crippen LogP contribution in [0.5, 0.6) is 0 Å². The van der Waals surface area contributed by atoms with Crippen molar-refractivity contribution in [3.63, 3.8) is 0 Å². The number of likely N-dealkylation sites (N-methyl/N-ethyl adjacent to an activating group) is 1. The van der Waals surface area contributed by atoms with Gasteiger partial charge in [-0.05, 0) is 46.8 Å². The molecule has 0 aliphatic carbocycles. The molecular weight excluding hydrogens is 314 g/mol. The molecule has 140 valence electrons. The SMILES string of the molecule is C[C@H](C1CCN(c2cc(N3CCN(C)CC3)nc(N)n2)CC1)N(C)C. The second-order valence-corrected chi connectivity index (χ2v) is 7.76. The van der Waals surface area contributed by atoms with Crippen LogP contribution >= 0.6 is 0 Å². The summed E-state index contributed by atoms with van der Waals surface area (Å²) in [4.78, 5) is 18.4. The molecule has 25 heavy (non-hydrogen) atoms. The van der Waals surface area contributed by atoms with Crippen LogP contribution in [0.3, 0.4) is 0 Å². The number of aromatic nitrogens is 2. The fourth-order valence-electron chi connectivity index (χ4n) is 3.83. The summed E-state index contributed by atoms with van der Waals surface area (Å²) in [6, 6.07) is 2.75. The molecule has 1 aromatic heterocycles. The molecule has 1 atom stereocenters. The summed E-state index contributed by atoms with van der Waals surface area (Å²) in [5.41, 5.74) is 6.02. The van der Waals surface area contributed by atoms with E-state index in [2.05, 4.69) is 63.7 Å². The Morgan fingerprint density at radius 2 is 1.52 bits per heavy atom. The number of nitrogens with two attached hydrogens (primary N) is 1. The predicted molar refractivity (Wildman–Crippen MR) is 104 cm³/mol. The Kier molecular flexibility index (Phi) is 5.64. The minimum Gasteiger partial charge on any atom is -0.368 e. The van der Waals surface area contributed by atoms with Gasteiger partial charge in [0.1, 0.15) is 11.6 Å². The summed E-state index contributed by atoms with van der Waals surface area (Å²) in [5.74, 6) is 3.09. The maximum atomic E-state index is 6.02. The fraction of sp³-hybridized carbons (Fsp3) is 0.778. The molecule has 2 saturated heterocycles. The molecule has 0 unspecified atom stereocenters. The molecule has 0 radical (unpaired) electrons. The van der Waals surface area contributed by atoms with Gasteiger partial charge in [0.25, 0.3) is 0 Å². The second kappa shape index (κ2) is 7.74. The first kappa shape index (κ1) is 18.2. The average molecular weight is 348 g/mol. The summed E-state index contributed by atoms with van der Waals surface area (Å²) < 4.78 is 0. The summed E-state index contributed by atoms with van der Waals surface area (Å²) in [5, 5.41) is 0. The van der Waals surface area contributed by atoms with E-state index >= 15 is 0 Å². The number of nitrogens with zero attached hydrogens (tertiary/aromatic N) is 6. The van der Waals surface area contributed by atoms with E-state index in [-0.39, 0.29) is 0 Å². The van der Waals surface area contributed by atoms with Crippen molar-refractivity contribution in [2.24, 2.45) is 5.92 Å². The first-order valence-corrected chi connectivity index (χ1v) is 9.43. The van der Waals surface area contributed by atoms with Crippen LogP contribution in [0.2, 0.25) is 0 Å². The van der Waals surface area contributed by atoms with Gasteiger partial charge in [-0.15, -0.1) is 0 Å². The van der Waals surface area contributed by atoms with Crippen molar-refractivity contribution >= 4 is 17.6 Å². The highest BCUT2D eigenvalue weighted by Crippen LogP contribution is 2.28. The van der Waals surface area contributed by atoms with Gasteiger partial charge in [-0.2, -0.15) is 9.97 Å². The maximum Gasteiger partial charge on any atom is 0.223 e. The third-order valence-corrected chi connectivity index (χ3v) is 5.90. The maximum absolute atomic E-state index is 6.02. The third-order valence-electron chi connectivity index (χ3n) is 5.90. The second-order valence-electron chi connectivity index (χ2n) is 7.76. The topological polar surface area (TPSA) is 64.8 Å². The summed E-state index contributed by atoms with van der Waals surface area (Å²) in [6.07, 6.45) is 2.40. The molecule has 0 spiro atoms. The highest BCUT2D eigenvalue weighted by Gasteiger charge is 2.26. The molecular formula is C18H33N7. The lowest BCUT2D eigenvalue weighted by molar-refractivity contribution is 0.199. The van der Waals surface area contributed by atoms with Gasteiger partial charge in [-0.25, -0.2) is 0 Å². The zero-order valence-electron chi connectivity index (χ0n) is 16.1. The normalized spacial score (nSPS) is 21.8. The Hall–Kier alpha value is -1.60. The van der Waals surface area contributed by atoms with E-state index in [1.807, 2.05) is 0 Å². The molecule has 0 bridgehead atoms. The van der Waals surface area contributed by atoms with E-state index in [4.69, 9.17) is 5.73 Å². The van der Waals surface area contributed by atoms with Crippen LogP contribution in [-0.2, 0) is 0 Å². The Morgan fingerprint density at radius 3 is 2.04 bits per heavy atom. The molecule has 3 rings (SSSR count). The van der Waals surface area contributed by atoms with Crippen LogP contribution in [0.1, 0.15) is 19.8 Å². The molecule has 7 heteroatoms. The van der Waals surface area contributed by atoms with E-state index < -0.39 is 0 Å². The Morgan fingerprint density at radius 1 is 1.00 bits per heavy atom. The first-order valence-electron chi connectivity index (χ1n) is 9.43. The van der Waals surface area contributed by atoms with Gasteiger partial charge < -0.3 is 25.3 Å². The van der Waals surface area contributed by atoms with Crippen molar-refractivity contribution < 1.29 is 0 Å². The van der Waals surface area contributed by atoms with Crippen molar-refractivity contribution in [3.05, 3.63) is 6.07 Å². The zero-order chi connectivity index (χ0) is 18.0. The fourth-order valence-corrected chi connectivity index (χ4v) is 3.83. The van der Waals surface area contributed by atoms with Gasteiger partial charge in [-0.3, -0.25) is 0 Å². The molecule has 2 N–H and O–H groups in total.